The molecule has 0 atom stereocenters. The van der Waals surface area contributed by atoms with E-state index in [1.807, 2.05) is 0 Å². The number of imide groups is 1. The second kappa shape index (κ2) is 9.75. The van der Waals surface area contributed by atoms with Gasteiger partial charge in [0.2, 0.25) is 5.91 Å². The molecule has 1 aliphatic rings. The maximum atomic E-state index is 12.3. The van der Waals surface area contributed by atoms with E-state index in [1.54, 1.807) is 42.5 Å². The molecule has 0 aliphatic carbocycles. The lowest BCUT2D eigenvalue weighted by Gasteiger charge is -2.13. The number of carbonyl (C=O) groups excluding carboxylic acids is 4. The van der Waals surface area contributed by atoms with Crippen molar-refractivity contribution in [3.8, 4) is 11.5 Å². The highest BCUT2D eigenvalue weighted by molar-refractivity contribution is 6.21. The van der Waals surface area contributed by atoms with Crippen LogP contribution in [0.2, 0.25) is 0 Å². The van der Waals surface area contributed by atoms with Crippen LogP contribution in [0, 0.1) is 0 Å². The van der Waals surface area contributed by atoms with Gasteiger partial charge in [0.1, 0.15) is 0 Å². The molecule has 0 bridgehead atoms. The lowest BCUT2D eigenvalue weighted by Crippen LogP contribution is -2.37. The van der Waals surface area contributed by atoms with Gasteiger partial charge < -0.3 is 20.1 Å². The molecule has 9 nitrogen and oxygen atoms in total. The Morgan fingerprint density at radius 3 is 2.10 bits per heavy atom. The number of nitrogens with zero attached hydrogens (tertiary/aromatic N) is 1. The number of methoxy groups -OCH3 is 2. The summed E-state index contributed by atoms with van der Waals surface area (Å²) in [4.78, 5) is 49.9. The smallest absolute Gasteiger partial charge is 0.261 e. The van der Waals surface area contributed by atoms with Crippen LogP contribution in [-0.4, -0.2) is 62.4 Å². The minimum absolute atomic E-state index is 0.00379. The Hall–Kier alpha value is -3.88. The lowest BCUT2D eigenvalue weighted by molar-refractivity contribution is -0.121. The highest BCUT2D eigenvalue weighted by Gasteiger charge is 2.34. The lowest BCUT2D eigenvalue weighted by atomic mass is 10.1. The second-order valence-corrected chi connectivity index (χ2v) is 6.73. The molecule has 0 radical (unpaired) electrons. The number of fused-ring (bicyclic) bond motifs is 1. The van der Waals surface area contributed by atoms with Gasteiger partial charge in [-0.1, -0.05) is 12.1 Å². The first-order valence-electron chi connectivity index (χ1n) is 9.68. The van der Waals surface area contributed by atoms with Crippen LogP contribution in [0.3, 0.4) is 0 Å². The Kier molecular flexibility index (Phi) is 6.86. The molecule has 1 heterocycles. The molecule has 0 saturated carbocycles. The van der Waals surface area contributed by atoms with Crippen LogP contribution in [0.5, 0.6) is 11.5 Å². The molecule has 0 spiro atoms. The van der Waals surface area contributed by atoms with Crippen LogP contribution in [0.25, 0.3) is 0 Å². The van der Waals surface area contributed by atoms with Crippen molar-refractivity contribution in [3.63, 3.8) is 0 Å². The summed E-state index contributed by atoms with van der Waals surface area (Å²) in [6.07, 6.45) is -0.0188. The molecule has 0 aromatic heterocycles. The van der Waals surface area contributed by atoms with Gasteiger partial charge in [-0.25, -0.2) is 0 Å². The van der Waals surface area contributed by atoms with Gasteiger partial charge in [0, 0.05) is 31.6 Å². The van der Waals surface area contributed by atoms with Crippen molar-refractivity contribution in [1.82, 2.24) is 15.5 Å². The topological polar surface area (TPSA) is 114 Å². The van der Waals surface area contributed by atoms with Crippen LogP contribution in [0.15, 0.2) is 42.5 Å². The number of benzene rings is 2. The predicted molar refractivity (Wildman–Crippen MR) is 111 cm³/mol. The van der Waals surface area contributed by atoms with Crippen molar-refractivity contribution in [2.24, 2.45) is 0 Å². The molecule has 2 aromatic rings. The van der Waals surface area contributed by atoms with Gasteiger partial charge in [-0.3, -0.25) is 24.1 Å². The van der Waals surface area contributed by atoms with Crippen molar-refractivity contribution in [2.45, 2.75) is 6.42 Å². The minimum Gasteiger partial charge on any atom is -0.493 e. The Bertz CT molecular complexity index is 985. The van der Waals surface area contributed by atoms with Crippen LogP contribution in [0.4, 0.5) is 0 Å². The van der Waals surface area contributed by atoms with Crippen molar-refractivity contribution in [2.75, 3.05) is 33.9 Å². The van der Waals surface area contributed by atoms with Gasteiger partial charge in [0.15, 0.2) is 11.5 Å². The van der Waals surface area contributed by atoms with E-state index in [-0.39, 0.29) is 37.9 Å². The first kappa shape index (κ1) is 21.8. The fourth-order valence-corrected chi connectivity index (χ4v) is 3.20. The Morgan fingerprint density at radius 1 is 0.871 bits per heavy atom. The molecular formula is C22H23N3O6. The first-order chi connectivity index (χ1) is 15.0. The van der Waals surface area contributed by atoms with Crippen LogP contribution < -0.4 is 20.1 Å². The van der Waals surface area contributed by atoms with E-state index >= 15 is 0 Å². The Labute approximate surface area is 179 Å². The summed E-state index contributed by atoms with van der Waals surface area (Å²) in [7, 11) is 2.99. The summed E-state index contributed by atoms with van der Waals surface area (Å²) in [5.41, 5.74) is 1.10. The number of hydrogen-bond acceptors (Lipinski definition) is 6. The number of ether oxygens (including phenoxy) is 2. The van der Waals surface area contributed by atoms with Gasteiger partial charge in [-0.15, -0.1) is 0 Å². The minimum atomic E-state index is -0.393. The summed E-state index contributed by atoms with van der Waals surface area (Å²) in [6, 6.07) is 11.4. The normalized spacial score (nSPS) is 12.4. The Morgan fingerprint density at radius 2 is 1.48 bits per heavy atom. The molecular weight excluding hydrogens is 402 g/mol. The van der Waals surface area contributed by atoms with Gasteiger partial charge in [0.25, 0.3) is 17.7 Å². The number of rotatable bonds is 9. The van der Waals surface area contributed by atoms with Crippen molar-refractivity contribution < 1.29 is 28.7 Å². The molecule has 0 saturated heterocycles. The van der Waals surface area contributed by atoms with Crippen molar-refractivity contribution in [1.29, 1.82) is 0 Å². The monoisotopic (exact) mass is 425 g/mol. The Balaban J connectivity index is 1.41. The molecule has 2 aromatic carbocycles. The largest absolute Gasteiger partial charge is 0.493 e. The SMILES string of the molecule is COc1ccc(C(=O)NCCNC(=O)CCN2C(=O)c3ccccc3C2=O)cc1OC. The zero-order valence-electron chi connectivity index (χ0n) is 17.3. The third-order valence-corrected chi connectivity index (χ3v) is 4.82. The molecule has 3 rings (SSSR count). The highest BCUT2D eigenvalue weighted by Crippen LogP contribution is 2.27. The predicted octanol–water partition coefficient (Wildman–Crippen LogP) is 1.24. The first-order valence-corrected chi connectivity index (χ1v) is 9.68. The standard InChI is InChI=1S/C22H23N3O6/c1-30-17-8-7-14(13-18(17)31-2)20(27)24-11-10-23-19(26)9-12-25-21(28)15-5-3-4-6-16(15)22(25)29/h3-8,13H,9-12H2,1-2H3,(H,23,26)(H,24,27). The van der Waals surface area contributed by atoms with Crippen LogP contribution in [0.1, 0.15) is 37.5 Å². The van der Waals surface area contributed by atoms with E-state index in [0.717, 1.165) is 4.90 Å². The molecule has 4 amide bonds. The zero-order chi connectivity index (χ0) is 22.4. The van der Waals surface area contributed by atoms with E-state index in [4.69, 9.17) is 9.47 Å². The third kappa shape index (κ3) is 4.82. The quantitative estimate of drug-likeness (QED) is 0.462. The number of hydrogen-bond donors (Lipinski definition) is 2. The average Bonchev–Trinajstić information content (AvgIpc) is 3.04. The average molecular weight is 425 g/mol. The van der Waals surface area contributed by atoms with Crippen molar-refractivity contribution >= 4 is 23.6 Å². The molecule has 2 N–H and O–H groups in total. The van der Waals surface area contributed by atoms with Crippen LogP contribution >= 0.6 is 0 Å². The van der Waals surface area contributed by atoms with Gasteiger partial charge in [0.05, 0.1) is 25.3 Å². The maximum Gasteiger partial charge on any atom is 0.261 e. The van der Waals surface area contributed by atoms with Gasteiger partial charge in [-0.2, -0.15) is 0 Å². The number of carbonyl (C=O) groups is 4. The highest BCUT2D eigenvalue weighted by atomic mass is 16.5. The fraction of sp³-hybridized carbons (Fsp3) is 0.273. The van der Waals surface area contributed by atoms with Gasteiger partial charge in [-0.05, 0) is 30.3 Å². The molecule has 1 aliphatic heterocycles. The zero-order valence-corrected chi connectivity index (χ0v) is 17.3. The summed E-state index contributed by atoms with van der Waals surface area (Å²) in [5.74, 6) is -0.467. The van der Waals surface area contributed by atoms with Crippen LogP contribution in [-0.2, 0) is 4.79 Å². The maximum absolute atomic E-state index is 12.3. The third-order valence-electron chi connectivity index (χ3n) is 4.82. The summed E-state index contributed by atoms with van der Waals surface area (Å²) in [5, 5.41) is 5.36. The molecule has 31 heavy (non-hydrogen) atoms. The second-order valence-electron chi connectivity index (χ2n) is 6.73. The molecule has 9 heteroatoms. The summed E-state index contributed by atoms with van der Waals surface area (Å²) < 4.78 is 10.3. The van der Waals surface area contributed by atoms with E-state index in [0.29, 0.717) is 28.2 Å². The summed E-state index contributed by atoms with van der Waals surface area (Å²) >= 11 is 0. The fourth-order valence-electron chi connectivity index (χ4n) is 3.20. The van der Waals surface area contributed by atoms with E-state index in [1.165, 1.54) is 14.2 Å². The summed E-state index contributed by atoms with van der Waals surface area (Å²) in [6.45, 7) is 0.419. The van der Waals surface area contributed by atoms with E-state index in [2.05, 4.69) is 10.6 Å². The molecule has 0 fully saturated rings. The molecule has 162 valence electrons. The van der Waals surface area contributed by atoms with Crippen molar-refractivity contribution in [3.05, 3.63) is 59.2 Å². The molecule has 0 unspecified atom stereocenters. The van der Waals surface area contributed by atoms with Gasteiger partial charge >= 0.3 is 0 Å². The van der Waals surface area contributed by atoms with E-state index in [9.17, 15) is 19.2 Å². The number of amides is 4. The number of nitrogens with one attached hydrogen (secondary N) is 2. The van der Waals surface area contributed by atoms with E-state index < -0.39 is 11.8 Å².